The Bertz CT molecular complexity index is 245. The second-order valence-corrected chi connectivity index (χ2v) is 3.87. The number of nitrogens with one attached hydrogen (secondary N) is 1. The maximum atomic E-state index is 4.47. The molecule has 1 N–H and O–H groups in total. The van der Waals surface area contributed by atoms with Crippen LogP contribution in [-0.2, 0) is 0 Å². The third-order valence-electron chi connectivity index (χ3n) is 2.72. The molecule has 0 unspecified atom stereocenters. The highest BCUT2D eigenvalue weighted by Gasteiger charge is 2.14. The van der Waals surface area contributed by atoms with Crippen LogP contribution in [0.15, 0.2) is 29.4 Å². The predicted octanol–water partition coefficient (Wildman–Crippen LogP) is 2.54. The number of rotatable bonds is 3. The van der Waals surface area contributed by atoms with E-state index in [0.29, 0.717) is 5.92 Å². The van der Waals surface area contributed by atoms with Crippen LogP contribution < -0.4 is 5.32 Å². The summed E-state index contributed by atoms with van der Waals surface area (Å²) >= 11 is 0. The van der Waals surface area contributed by atoms with Gasteiger partial charge >= 0.3 is 0 Å². The summed E-state index contributed by atoms with van der Waals surface area (Å²) in [6.45, 7) is 10.1. The van der Waals surface area contributed by atoms with E-state index in [1.54, 1.807) is 0 Å². The van der Waals surface area contributed by atoms with Gasteiger partial charge in [-0.15, -0.1) is 0 Å². The zero-order chi connectivity index (χ0) is 10.4. The zero-order valence-electron chi connectivity index (χ0n) is 9.21. The van der Waals surface area contributed by atoms with Crippen LogP contribution in [0.4, 0.5) is 0 Å². The van der Waals surface area contributed by atoms with Crippen LogP contribution >= 0.6 is 0 Å². The lowest BCUT2D eigenvalue weighted by molar-refractivity contribution is 0.455. The van der Waals surface area contributed by atoms with E-state index in [4.69, 9.17) is 0 Å². The van der Waals surface area contributed by atoms with Crippen molar-refractivity contribution < 1.29 is 0 Å². The number of aliphatic imine (C=N–C) groups is 1. The number of hydrogen-bond donors (Lipinski definition) is 1. The van der Waals surface area contributed by atoms with Gasteiger partial charge in [0.2, 0.25) is 0 Å². The predicted molar refractivity (Wildman–Crippen MR) is 62.7 cm³/mol. The second kappa shape index (κ2) is 5.76. The summed E-state index contributed by atoms with van der Waals surface area (Å²) in [6, 6.07) is 0. The Morgan fingerprint density at radius 2 is 2.00 bits per heavy atom. The smallest absolute Gasteiger partial charge is 0.0296 e. The lowest BCUT2D eigenvalue weighted by Gasteiger charge is -2.22. The van der Waals surface area contributed by atoms with Gasteiger partial charge in [0.1, 0.15) is 0 Å². The average Bonchev–Trinajstić information content (AvgIpc) is 2.26. The van der Waals surface area contributed by atoms with Crippen molar-refractivity contribution in [3.05, 3.63) is 24.4 Å². The Labute approximate surface area is 86.8 Å². The van der Waals surface area contributed by atoms with E-state index in [0.717, 1.165) is 18.7 Å². The molecule has 0 aromatic rings. The highest BCUT2D eigenvalue weighted by atomic mass is 14.9. The molecule has 0 aliphatic carbocycles. The van der Waals surface area contributed by atoms with Crippen molar-refractivity contribution in [2.24, 2.45) is 10.9 Å². The van der Waals surface area contributed by atoms with Crippen LogP contribution in [0.1, 0.15) is 26.7 Å². The zero-order valence-corrected chi connectivity index (χ0v) is 9.21. The third-order valence-corrected chi connectivity index (χ3v) is 2.72. The molecule has 1 rings (SSSR count). The van der Waals surface area contributed by atoms with Gasteiger partial charge in [0.15, 0.2) is 0 Å². The first-order chi connectivity index (χ1) is 6.74. The monoisotopic (exact) mass is 192 g/mol. The Hall–Kier alpha value is -0.890. The average molecular weight is 192 g/mol. The summed E-state index contributed by atoms with van der Waals surface area (Å²) in [5.41, 5.74) is 2.38. The minimum atomic E-state index is 0.671. The fraction of sp³-hybridized carbons (Fsp3) is 0.583. The van der Waals surface area contributed by atoms with E-state index in [-0.39, 0.29) is 0 Å². The fourth-order valence-corrected chi connectivity index (χ4v) is 1.60. The number of hydrogen-bond acceptors (Lipinski definition) is 2. The van der Waals surface area contributed by atoms with Crippen LogP contribution in [0.25, 0.3) is 0 Å². The molecule has 0 aromatic heterocycles. The van der Waals surface area contributed by atoms with Crippen LogP contribution in [0, 0.1) is 5.92 Å². The minimum absolute atomic E-state index is 0.671. The molecule has 0 aromatic carbocycles. The molecule has 0 amide bonds. The van der Waals surface area contributed by atoms with Crippen molar-refractivity contribution in [3.63, 3.8) is 0 Å². The number of piperidine rings is 1. The summed E-state index contributed by atoms with van der Waals surface area (Å²) in [5, 5.41) is 3.36. The molecule has 78 valence electrons. The first-order valence-corrected chi connectivity index (χ1v) is 5.28. The van der Waals surface area contributed by atoms with Crippen molar-refractivity contribution in [1.82, 2.24) is 5.32 Å². The fourth-order valence-electron chi connectivity index (χ4n) is 1.60. The normalized spacial score (nSPS) is 21.0. The lowest BCUT2D eigenvalue weighted by Crippen LogP contribution is -2.30. The Balaban J connectivity index is 2.53. The summed E-state index contributed by atoms with van der Waals surface area (Å²) < 4.78 is 0. The second-order valence-electron chi connectivity index (χ2n) is 3.87. The van der Waals surface area contributed by atoms with Gasteiger partial charge in [0.05, 0.1) is 0 Å². The van der Waals surface area contributed by atoms with Gasteiger partial charge in [-0.3, -0.25) is 4.99 Å². The maximum Gasteiger partial charge on any atom is 0.0296 e. The van der Waals surface area contributed by atoms with Gasteiger partial charge in [-0.2, -0.15) is 0 Å². The summed E-state index contributed by atoms with van der Waals surface area (Å²) in [4.78, 5) is 4.47. The van der Waals surface area contributed by atoms with Gasteiger partial charge in [-0.05, 0) is 51.3 Å². The van der Waals surface area contributed by atoms with Gasteiger partial charge in [0, 0.05) is 11.9 Å². The highest BCUT2D eigenvalue weighted by Crippen LogP contribution is 2.13. The van der Waals surface area contributed by atoms with Gasteiger partial charge < -0.3 is 5.32 Å². The van der Waals surface area contributed by atoms with Gasteiger partial charge in [-0.1, -0.05) is 12.7 Å². The molecule has 1 aliphatic heterocycles. The van der Waals surface area contributed by atoms with E-state index in [1.165, 1.54) is 18.6 Å². The van der Waals surface area contributed by atoms with Crippen molar-refractivity contribution >= 4 is 5.71 Å². The number of allylic oxidation sites excluding steroid dienone is 2. The molecule has 1 heterocycles. The molecule has 0 atom stereocenters. The SMILES string of the molecule is C=C/C(C)=C\N=C(C)C1CCNCC1. The topological polar surface area (TPSA) is 24.4 Å². The summed E-state index contributed by atoms with van der Waals surface area (Å²) in [5.74, 6) is 0.671. The molecule has 0 radical (unpaired) electrons. The quantitative estimate of drug-likeness (QED) is 0.539. The Kier molecular flexibility index (Phi) is 4.60. The maximum absolute atomic E-state index is 4.47. The van der Waals surface area contributed by atoms with Crippen LogP contribution in [0.3, 0.4) is 0 Å². The first kappa shape index (κ1) is 11.2. The van der Waals surface area contributed by atoms with E-state index in [2.05, 4.69) is 23.8 Å². The minimum Gasteiger partial charge on any atom is -0.317 e. The molecule has 1 fully saturated rings. The van der Waals surface area contributed by atoms with E-state index in [9.17, 15) is 0 Å². The largest absolute Gasteiger partial charge is 0.317 e. The van der Waals surface area contributed by atoms with E-state index >= 15 is 0 Å². The molecule has 1 saturated heterocycles. The molecule has 0 saturated carbocycles. The molecule has 0 spiro atoms. The molecule has 1 aliphatic rings. The van der Waals surface area contributed by atoms with Crippen LogP contribution in [-0.4, -0.2) is 18.8 Å². The van der Waals surface area contributed by atoms with Crippen LogP contribution in [0.2, 0.25) is 0 Å². The van der Waals surface area contributed by atoms with Crippen molar-refractivity contribution in [1.29, 1.82) is 0 Å². The van der Waals surface area contributed by atoms with Crippen LogP contribution in [0.5, 0.6) is 0 Å². The van der Waals surface area contributed by atoms with Crippen molar-refractivity contribution in [2.75, 3.05) is 13.1 Å². The molecule has 2 nitrogen and oxygen atoms in total. The standard InChI is InChI=1S/C12H20N2/c1-4-10(2)9-14-11(3)12-5-7-13-8-6-12/h4,9,12-13H,1,5-8H2,2-3H3/b10-9-,14-11?. The molecule has 0 bridgehead atoms. The Morgan fingerprint density at radius 1 is 1.36 bits per heavy atom. The summed E-state index contributed by atoms with van der Waals surface area (Å²) in [7, 11) is 0. The molecule has 2 heteroatoms. The Morgan fingerprint density at radius 3 is 2.57 bits per heavy atom. The molecular formula is C12H20N2. The number of nitrogens with zero attached hydrogens (tertiary/aromatic N) is 1. The summed E-state index contributed by atoms with van der Waals surface area (Å²) in [6.07, 6.45) is 6.18. The van der Waals surface area contributed by atoms with E-state index in [1.807, 2.05) is 19.2 Å². The molecular weight excluding hydrogens is 172 g/mol. The highest BCUT2D eigenvalue weighted by molar-refractivity contribution is 5.85. The van der Waals surface area contributed by atoms with Crippen molar-refractivity contribution in [2.45, 2.75) is 26.7 Å². The van der Waals surface area contributed by atoms with Crippen molar-refractivity contribution in [3.8, 4) is 0 Å². The molecule has 14 heavy (non-hydrogen) atoms. The first-order valence-electron chi connectivity index (χ1n) is 5.28. The lowest BCUT2D eigenvalue weighted by atomic mass is 9.94. The third kappa shape index (κ3) is 3.46. The van der Waals surface area contributed by atoms with Gasteiger partial charge in [-0.25, -0.2) is 0 Å². The van der Waals surface area contributed by atoms with E-state index < -0.39 is 0 Å². The van der Waals surface area contributed by atoms with Gasteiger partial charge in [0.25, 0.3) is 0 Å².